The van der Waals surface area contributed by atoms with Crippen molar-refractivity contribution in [1.82, 2.24) is 0 Å². The van der Waals surface area contributed by atoms with Crippen molar-refractivity contribution in [2.45, 2.75) is 25.6 Å². The number of rotatable bonds is 1. The molecular weight excluding hydrogens is 95.1 g/mol. The van der Waals surface area contributed by atoms with Crippen molar-refractivity contribution in [2.75, 3.05) is 6.61 Å². The molecule has 0 aromatic carbocycles. The Morgan fingerprint density at radius 3 is 2.14 bits per heavy atom. The van der Waals surface area contributed by atoms with Gasteiger partial charge in [0.25, 0.3) is 0 Å². The molecule has 1 atom stereocenters. The van der Waals surface area contributed by atoms with Crippen molar-refractivity contribution in [3.63, 3.8) is 0 Å². The van der Waals surface area contributed by atoms with Crippen LogP contribution in [-0.4, -0.2) is 18.4 Å². The first kappa shape index (κ1) is 5.04. The highest BCUT2D eigenvalue weighted by molar-refractivity contribution is 4.86. The van der Waals surface area contributed by atoms with E-state index in [-0.39, 0.29) is 6.10 Å². The van der Waals surface area contributed by atoms with E-state index >= 15 is 0 Å². The highest BCUT2D eigenvalue weighted by Crippen LogP contribution is 2.26. The smallest absolute Gasteiger partial charge is 0.133 e. The highest BCUT2D eigenvalue weighted by atomic mass is 19.1. The summed E-state index contributed by atoms with van der Waals surface area (Å²) in [5, 5.41) is 0. The number of epoxide rings is 1. The molecule has 0 radical (unpaired) electrons. The van der Waals surface area contributed by atoms with Crippen LogP contribution in [0.4, 0.5) is 4.39 Å². The van der Waals surface area contributed by atoms with E-state index in [9.17, 15) is 4.39 Å². The largest absolute Gasteiger partial charge is 0.370 e. The first-order valence-electron chi connectivity index (χ1n) is 2.41. The fourth-order valence-corrected chi connectivity index (χ4v) is 0.444. The van der Waals surface area contributed by atoms with Gasteiger partial charge in [-0.1, -0.05) is 0 Å². The number of ether oxygens (including phenoxy) is 1. The maximum Gasteiger partial charge on any atom is 0.133 e. The summed E-state index contributed by atoms with van der Waals surface area (Å²) in [7, 11) is 0. The minimum Gasteiger partial charge on any atom is -0.370 e. The van der Waals surface area contributed by atoms with Gasteiger partial charge < -0.3 is 4.74 Å². The maximum absolute atomic E-state index is 12.4. The van der Waals surface area contributed by atoms with Crippen LogP contribution in [0.2, 0.25) is 0 Å². The second kappa shape index (κ2) is 1.19. The van der Waals surface area contributed by atoms with Crippen LogP contribution in [0.25, 0.3) is 0 Å². The van der Waals surface area contributed by atoms with Crippen LogP contribution in [0, 0.1) is 0 Å². The topological polar surface area (TPSA) is 12.5 Å². The molecule has 0 unspecified atom stereocenters. The number of halogens is 1. The molecule has 42 valence electrons. The summed E-state index contributed by atoms with van der Waals surface area (Å²) in [6.45, 7) is 3.67. The Bertz CT molecular complexity index is 70.6. The van der Waals surface area contributed by atoms with E-state index < -0.39 is 5.67 Å². The minimum atomic E-state index is -1.11. The summed E-state index contributed by atoms with van der Waals surface area (Å²) in [6, 6.07) is 0. The fraction of sp³-hybridized carbons (Fsp3) is 1.00. The molecule has 1 aliphatic rings. The molecule has 1 aliphatic heterocycles. The molecular formula is C5H9FO. The molecule has 0 spiro atoms. The van der Waals surface area contributed by atoms with Crippen molar-refractivity contribution in [3.05, 3.63) is 0 Å². The summed E-state index contributed by atoms with van der Waals surface area (Å²) in [4.78, 5) is 0. The van der Waals surface area contributed by atoms with Crippen LogP contribution in [-0.2, 0) is 4.74 Å². The molecule has 1 saturated heterocycles. The van der Waals surface area contributed by atoms with Crippen LogP contribution in [0.1, 0.15) is 13.8 Å². The van der Waals surface area contributed by atoms with Crippen LogP contribution < -0.4 is 0 Å². The van der Waals surface area contributed by atoms with Gasteiger partial charge >= 0.3 is 0 Å². The summed E-state index contributed by atoms with van der Waals surface area (Å²) in [6.07, 6.45) is -0.118. The van der Waals surface area contributed by atoms with Gasteiger partial charge in [-0.05, 0) is 13.8 Å². The third-order valence-corrected chi connectivity index (χ3v) is 1.10. The molecule has 0 saturated carbocycles. The summed E-state index contributed by atoms with van der Waals surface area (Å²) in [5.74, 6) is 0. The molecule has 7 heavy (non-hydrogen) atoms. The molecule has 1 heterocycles. The van der Waals surface area contributed by atoms with Crippen LogP contribution in [0.5, 0.6) is 0 Å². The van der Waals surface area contributed by atoms with Gasteiger partial charge in [0.05, 0.1) is 6.61 Å². The van der Waals surface area contributed by atoms with Gasteiger partial charge in [-0.2, -0.15) is 0 Å². The van der Waals surface area contributed by atoms with Gasteiger partial charge in [-0.3, -0.25) is 0 Å². The normalized spacial score (nSPS) is 30.4. The van der Waals surface area contributed by atoms with E-state index in [0.717, 1.165) is 0 Å². The number of alkyl halides is 1. The molecule has 0 aliphatic carbocycles. The van der Waals surface area contributed by atoms with Gasteiger partial charge in [0, 0.05) is 0 Å². The zero-order chi connectivity index (χ0) is 5.49. The maximum atomic E-state index is 12.4. The van der Waals surface area contributed by atoms with E-state index in [1.807, 2.05) is 0 Å². The summed E-state index contributed by atoms with van der Waals surface area (Å²) in [5.41, 5.74) is -1.11. The molecule has 0 N–H and O–H groups in total. The molecule has 0 bridgehead atoms. The van der Waals surface area contributed by atoms with Crippen LogP contribution >= 0.6 is 0 Å². The van der Waals surface area contributed by atoms with E-state index in [2.05, 4.69) is 0 Å². The van der Waals surface area contributed by atoms with Crippen molar-refractivity contribution in [1.29, 1.82) is 0 Å². The highest BCUT2D eigenvalue weighted by Gasteiger charge is 2.39. The molecule has 1 nitrogen and oxygen atoms in total. The van der Waals surface area contributed by atoms with Crippen molar-refractivity contribution in [3.8, 4) is 0 Å². The summed E-state index contributed by atoms with van der Waals surface area (Å²) < 4.78 is 17.1. The van der Waals surface area contributed by atoms with Gasteiger partial charge in [0.15, 0.2) is 0 Å². The van der Waals surface area contributed by atoms with E-state index in [4.69, 9.17) is 4.74 Å². The zero-order valence-corrected chi connectivity index (χ0v) is 4.57. The predicted molar refractivity (Wildman–Crippen MR) is 24.9 cm³/mol. The second-order valence-electron chi connectivity index (χ2n) is 2.39. The zero-order valence-electron chi connectivity index (χ0n) is 4.57. The lowest BCUT2D eigenvalue weighted by Crippen LogP contribution is -2.19. The Hall–Kier alpha value is -0.110. The molecule has 0 amide bonds. The Morgan fingerprint density at radius 1 is 1.71 bits per heavy atom. The predicted octanol–water partition coefficient (Wildman–Crippen LogP) is 1.13. The van der Waals surface area contributed by atoms with Gasteiger partial charge in [0.1, 0.15) is 11.8 Å². The Balaban J connectivity index is 2.36. The molecule has 1 fully saturated rings. The first-order valence-corrected chi connectivity index (χ1v) is 2.41. The minimum absolute atomic E-state index is 0.118. The molecule has 0 aromatic heterocycles. The fourth-order valence-electron chi connectivity index (χ4n) is 0.444. The lowest BCUT2D eigenvalue weighted by molar-refractivity contribution is 0.158. The average Bonchev–Trinajstić information content (AvgIpc) is 1.99. The third kappa shape index (κ3) is 1.13. The van der Waals surface area contributed by atoms with E-state index in [1.54, 1.807) is 0 Å². The van der Waals surface area contributed by atoms with E-state index in [0.29, 0.717) is 6.61 Å². The first-order chi connectivity index (χ1) is 3.11. The quantitative estimate of drug-likeness (QED) is 0.454. The van der Waals surface area contributed by atoms with Crippen LogP contribution in [0.3, 0.4) is 0 Å². The lowest BCUT2D eigenvalue weighted by atomic mass is 10.1. The molecule has 0 aromatic rings. The van der Waals surface area contributed by atoms with Gasteiger partial charge in [-0.15, -0.1) is 0 Å². The van der Waals surface area contributed by atoms with Crippen LogP contribution in [0.15, 0.2) is 0 Å². The number of hydrogen-bond acceptors (Lipinski definition) is 1. The van der Waals surface area contributed by atoms with E-state index in [1.165, 1.54) is 13.8 Å². The standard InChI is InChI=1S/C5H9FO/c1-5(2,6)4-3-7-4/h4H,3H2,1-2H3/t4-/m0/s1. The van der Waals surface area contributed by atoms with Gasteiger partial charge in [-0.25, -0.2) is 4.39 Å². The Morgan fingerprint density at radius 2 is 2.14 bits per heavy atom. The Kier molecular flexibility index (Phi) is 0.854. The summed E-state index contributed by atoms with van der Waals surface area (Å²) >= 11 is 0. The van der Waals surface area contributed by atoms with Crippen molar-refractivity contribution < 1.29 is 9.13 Å². The second-order valence-corrected chi connectivity index (χ2v) is 2.39. The monoisotopic (exact) mass is 104 g/mol. The van der Waals surface area contributed by atoms with Crippen molar-refractivity contribution >= 4 is 0 Å². The third-order valence-electron chi connectivity index (χ3n) is 1.10. The Labute approximate surface area is 42.5 Å². The molecule has 2 heteroatoms. The number of hydrogen-bond donors (Lipinski definition) is 0. The van der Waals surface area contributed by atoms with Gasteiger partial charge in [0.2, 0.25) is 0 Å². The SMILES string of the molecule is CC(C)(F)[C@@H]1CO1. The average molecular weight is 104 g/mol. The lowest BCUT2D eigenvalue weighted by Gasteiger charge is -2.07. The van der Waals surface area contributed by atoms with Crippen molar-refractivity contribution in [2.24, 2.45) is 0 Å². The molecule has 1 rings (SSSR count).